The molecule has 1 aliphatic rings. The van der Waals surface area contributed by atoms with Crippen LogP contribution in [-0.4, -0.2) is 54.5 Å². The van der Waals surface area contributed by atoms with Crippen molar-refractivity contribution in [1.29, 1.82) is 5.26 Å². The second kappa shape index (κ2) is 7.26. The summed E-state index contributed by atoms with van der Waals surface area (Å²) in [5.41, 5.74) is -0.851. The van der Waals surface area contributed by atoms with E-state index in [0.717, 1.165) is 0 Å². The highest BCUT2D eigenvalue weighted by Crippen LogP contribution is 2.41. The Morgan fingerprint density at radius 1 is 1.35 bits per heavy atom. The first kappa shape index (κ1) is 20.6. The summed E-state index contributed by atoms with van der Waals surface area (Å²) in [5, 5.41) is 17.7. The molecule has 0 spiro atoms. The monoisotopic (exact) mass is 433 g/mol. The fraction of sp³-hybridized carbons (Fsp3) is 0.421. The standard InChI is InChI=1S/C19H18F3N7O2/c1-12-13(9-24-29(12)17-25-15(30)14-3-2-6-28(14)26-17)16(31)27-7-4-18(11-23,5-8-27)10-19(20,21)22/h2-3,6,9H,4-5,7-8,10H2,1H3,(H,25,26,30). The Bertz CT molecular complexity index is 1240. The van der Waals surface area contributed by atoms with Gasteiger partial charge in [0.1, 0.15) is 5.52 Å². The number of aromatic nitrogens is 5. The van der Waals surface area contributed by atoms with Crippen LogP contribution in [0, 0.1) is 23.7 Å². The van der Waals surface area contributed by atoms with Crippen LogP contribution in [-0.2, 0) is 0 Å². The molecular formula is C19H18F3N7O2. The van der Waals surface area contributed by atoms with Gasteiger partial charge >= 0.3 is 6.18 Å². The number of aromatic amines is 1. The summed E-state index contributed by atoms with van der Waals surface area (Å²) in [6.45, 7) is 1.71. The molecule has 0 atom stereocenters. The number of amides is 1. The van der Waals surface area contributed by atoms with Gasteiger partial charge in [-0.3, -0.25) is 14.6 Å². The Labute approximate surface area is 173 Å². The van der Waals surface area contributed by atoms with E-state index in [1.807, 2.05) is 6.07 Å². The number of likely N-dealkylation sites (tertiary alicyclic amines) is 1. The molecule has 3 aromatic rings. The molecule has 9 nitrogen and oxygen atoms in total. The van der Waals surface area contributed by atoms with Gasteiger partial charge in [-0.15, -0.1) is 5.10 Å². The van der Waals surface area contributed by atoms with E-state index in [2.05, 4.69) is 15.2 Å². The number of nitrogens with one attached hydrogen (secondary N) is 1. The van der Waals surface area contributed by atoms with E-state index in [9.17, 15) is 28.0 Å². The highest BCUT2D eigenvalue weighted by atomic mass is 19.4. The smallest absolute Gasteiger partial charge is 0.338 e. The third-order valence-corrected chi connectivity index (χ3v) is 5.61. The summed E-state index contributed by atoms with van der Waals surface area (Å²) in [4.78, 5) is 29.2. The number of fused-ring (bicyclic) bond motifs is 1. The van der Waals surface area contributed by atoms with Gasteiger partial charge in [-0.05, 0) is 31.9 Å². The molecule has 0 unspecified atom stereocenters. The molecule has 162 valence electrons. The molecule has 0 bridgehead atoms. The second-order valence-corrected chi connectivity index (χ2v) is 7.65. The van der Waals surface area contributed by atoms with Crippen LogP contribution >= 0.6 is 0 Å². The van der Waals surface area contributed by atoms with E-state index in [4.69, 9.17) is 0 Å². The Kier molecular flexibility index (Phi) is 4.83. The van der Waals surface area contributed by atoms with E-state index in [-0.39, 0.29) is 43.0 Å². The van der Waals surface area contributed by atoms with Gasteiger partial charge in [-0.25, -0.2) is 9.20 Å². The number of alkyl halides is 3. The number of nitrogens with zero attached hydrogens (tertiary/aromatic N) is 6. The van der Waals surface area contributed by atoms with Crippen molar-refractivity contribution in [3.8, 4) is 12.0 Å². The molecule has 0 radical (unpaired) electrons. The minimum atomic E-state index is -4.44. The van der Waals surface area contributed by atoms with Crippen molar-refractivity contribution in [2.75, 3.05) is 13.1 Å². The van der Waals surface area contributed by atoms with E-state index >= 15 is 0 Å². The second-order valence-electron chi connectivity index (χ2n) is 7.65. The maximum absolute atomic E-state index is 13.0. The van der Waals surface area contributed by atoms with Crippen molar-refractivity contribution in [3.63, 3.8) is 0 Å². The Balaban J connectivity index is 1.55. The molecule has 1 fully saturated rings. The first-order valence-electron chi connectivity index (χ1n) is 9.52. The zero-order valence-corrected chi connectivity index (χ0v) is 16.5. The molecule has 4 rings (SSSR count). The first-order chi connectivity index (χ1) is 14.6. The molecule has 0 aliphatic carbocycles. The Morgan fingerprint density at radius 3 is 2.71 bits per heavy atom. The molecular weight excluding hydrogens is 415 g/mol. The van der Waals surface area contributed by atoms with Gasteiger partial charge in [0.15, 0.2) is 0 Å². The number of hydrogen-bond donors (Lipinski definition) is 1. The lowest BCUT2D eigenvalue weighted by Gasteiger charge is -2.37. The van der Waals surface area contributed by atoms with Crippen molar-refractivity contribution in [1.82, 2.24) is 29.3 Å². The van der Waals surface area contributed by atoms with Gasteiger partial charge in [-0.2, -0.15) is 23.5 Å². The van der Waals surface area contributed by atoms with Gasteiger partial charge in [0, 0.05) is 19.3 Å². The minimum Gasteiger partial charge on any atom is -0.338 e. The van der Waals surface area contributed by atoms with E-state index < -0.39 is 23.9 Å². The lowest BCUT2D eigenvalue weighted by molar-refractivity contribution is -0.155. The Hall–Kier alpha value is -3.62. The van der Waals surface area contributed by atoms with Gasteiger partial charge < -0.3 is 4.90 Å². The molecule has 1 N–H and O–H groups in total. The number of hydrogen-bond acceptors (Lipinski definition) is 5. The average Bonchev–Trinajstić information content (AvgIpc) is 3.33. The highest BCUT2D eigenvalue weighted by molar-refractivity contribution is 5.95. The van der Waals surface area contributed by atoms with Crippen LogP contribution in [0.3, 0.4) is 0 Å². The number of rotatable bonds is 3. The van der Waals surface area contributed by atoms with Crippen molar-refractivity contribution in [2.45, 2.75) is 32.4 Å². The summed E-state index contributed by atoms with van der Waals surface area (Å²) in [5.74, 6) is -0.274. The SMILES string of the molecule is Cc1c(C(=O)N2CCC(C#N)(CC(F)(F)F)CC2)cnn1-c1nn2cccc2c(=O)[nH]1. The van der Waals surface area contributed by atoms with Crippen molar-refractivity contribution >= 4 is 11.4 Å². The summed E-state index contributed by atoms with van der Waals surface area (Å²) in [7, 11) is 0. The van der Waals surface area contributed by atoms with Crippen LogP contribution in [0.4, 0.5) is 13.2 Å². The van der Waals surface area contributed by atoms with Gasteiger partial charge in [-0.1, -0.05) is 0 Å². The summed E-state index contributed by atoms with van der Waals surface area (Å²) in [6, 6.07) is 5.09. The summed E-state index contributed by atoms with van der Waals surface area (Å²) < 4.78 is 41.2. The zero-order valence-electron chi connectivity index (χ0n) is 16.5. The number of halogens is 3. The van der Waals surface area contributed by atoms with Crippen LogP contribution in [0.2, 0.25) is 0 Å². The minimum absolute atomic E-state index is 0.0392. The number of piperidine rings is 1. The normalized spacial score (nSPS) is 16.4. The number of carbonyl (C=O) groups is 1. The van der Waals surface area contributed by atoms with Crippen LogP contribution in [0.15, 0.2) is 29.3 Å². The predicted molar refractivity (Wildman–Crippen MR) is 102 cm³/mol. The molecule has 31 heavy (non-hydrogen) atoms. The maximum Gasteiger partial charge on any atom is 0.390 e. The molecule has 1 saturated heterocycles. The van der Waals surface area contributed by atoms with E-state index in [1.165, 1.54) is 20.3 Å². The Morgan fingerprint density at radius 2 is 2.06 bits per heavy atom. The molecule has 12 heteroatoms. The topological polar surface area (TPSA) is 112 Å². The van der Waals surface area contributed by atoms with Crippen molar-refractivity contribution in [2.24, 2.45) is 5.41 Å². The molecule has 1 aliphatic heterocycles. The van der Waals surface area contributed by atoms with Crippen molar-refractivity contribution in [3.05, 3.63) is 46.1 Å². The van der Waals surface area contributed by atoms with E-state index in [1.54, 1.807) is 25.3 Å². The average molecular weight is 433 g/mol. The van der Waals surface area contributed by atoms with E-state index in [0.29, 0.717) is 11.2 Å². The van der Waals surface area contributed by atoms with Crippen LogP contribution in [0.25, 0.3) is 11.5 Å². The quantitative estimate of drug-likeness (QED) is 0.681. The summed E-state index contributed by atoms with van der Waals surface area (Å²) >= 11 is 0. The zero-order chi connectivity index (χ0) is 22.4. The highest BCUT2D eigenvalue weighted by Gasteiger charge is 2.45. The predicted octanol–water partition coefficient (Wildman–Crippen LogP) is 2.22. The maximum atomic E-state index is 13.0. The van der Waals surface area contributed by atoms with Crippen LogP contribution in [0.5, 0.6) is 0 Å². The number of H-pyrrole nitrogens is 1. The largest absolute Gasteiger partial charge is 0.390 e. The fourth-order valence-corrected chi connectivity index (χ4v) is 3.88. The third kappa shape index (κ3) is 3.78. The van der Waals surface area contributed by atoms with Crippen LogP contribution in [0.1, 0.15) is 35.3 Å². The molecule has 0 aromatic carbocycles. The first-order valence-corrected chi connectivity index (χ1v) is 9.52. The van der Waals surface area contributed by atoms with Gasteiger partial charge in [0.05, 0.1) is 35.4 Å². The molecule has 1 amide bonds. The lowest BCUT2D eigenvalue weighted by Crippen LogP contribution is -2.44. The number of carbonyl (C=O) groups excluding carboxylic acids is 1. The fourth-order valence-electron chi connectivity index (χ4n) is 3.88. The third-order valence-electron chi connectivity index (χ3n) is 5.61. The molecule has 0 saturated carbocycles. The lowest BCUT2D eigenvalue weighted by atomic mass is 9.76. The number of nitriles is 1. The van der Waals surface area contributed by atoms with Crippen molar-refractivity contribution < 1.29 is 18.0 Å². The van der Waals surface area contributed by atoms with Gasteiger partial charge in [0.25, 0.3) is 11.5 Å². The molecule has 4 heterocycles. The van der Waals surface area contributed by atoms with Gasteiger partial charge in [0.2, 0.25) is 5.95 Å². The molecule has 3 aromatic heterocycles. The summed E-state index contributed by atoms with van der Waals surface area (Å²) in [6.07, 6.45) is -2.79. The van der Waals surface area contributed by atoms with Crippen LogP contribution < -0.4 is 5.56 Å².